The molecule has 0 radical (unpaired) electrons. The maximum atomic E-state index is 12.7. The van der Waals surface area contributed by atoms with Crippen LogP contribution in [0.5, 0.6) is 0 Å². The molecule has 1 unspecified atom stereocenters. The van der Waals surface area contributed by atoms with Gasteiger partial charge in [0.25, 0.3) is 0 Å². The molecule has 2 aromatic carbocycles. The summed E-state index contributed by atoms with van der Waals surface area (Å²) < 4.78 is 0. The van der Waals surface area contributed by atoms with Gasteiger partial charge >= 0.3 is 0 Å². The molecular weight excluding hydrogens is 324 g/mol. The molecule has 1 atom stereocenters. The van der Waals surface area contributed by atoms with E-state index in [-0.39, 0.29) is 11.8 Å². The maximum Gasteiger partial charge on any atom is 0.247 e. The first-order valence-electron chi connectivity index (χ1n) is 8.02. The second-order valence-corrected chi connectivity index (χ2v) is 6.26. The standard InChI is InChI=1S/C19H19ClN2O2/c20-16-8-4-7-15(13-16)18-19(24)21-11-12-22(18)17(23)10-9-14-5-2-1-3-6-14/h1-8,13,18H,9-12H2,(H,21,24). The summed E-state index contributed by atoms with van der Waals surface area (Å²) in [4.78, 5) is 26.7. The van der Waals surface area contributed by atoms with E-state index in [1.54, 1.807) is 23.1 Å². The van der Waals surface area contributed by atoms with Gasteiger partial charge in [0, 0.05) is 24.5 Å². The second kappa shape index (κ2) is 7.49. The number of hydrogen-bond donors (Lipinski definition) is 1. The highest BCUT2D eigenvalue weighted by atomic mass is 35.5. The number of amides is 2. The number of piperazine rings is 1. The van der Waals surface area contributed by atoms with Crippen LogP contribution < -0.4 is 5.32 Å². The van der Waals surface area contributed by atoms with Crippen LogP contribution in [0.3, 0.4) is 0 Å². The Bertz CT molecular complexity index is 733. The first-order chi connectivity index (χ1) is 11.6. The maximum absolute atomic E-state index is 12.7. The molecule has 0 bridgehead atoms. The Balaban J connectivity index is 1.76. The first-order valence-corrected chi connectivity index (χ1v) is 8.39. The number of nitrogens with zero attached hydrogens (tertiary/aromatic N) is 1. The third-order valence-electron chi connectivity index (χ3n) is 4.17. The van der Waals surface area contributed by atoms with E-state index in [0.717, 1.165) is 11.1 Å². The summed E-state index contributed by atoms with van der Waals surface area (Å²) in [6, 6.07) is 16.4. The summed E-state index contributed by atoms with van der Waals surface area (Å²) in [7, 11) is 0. The second-order valence-electron chi connectivity index (χ2n) is 5.82. The molecule has 0 aromatic heterocycles. The molecule has 2 aromatic rings. The Hall–Kier alpha value is -2.33. The number of nitrogens with one attached hydrogen (secondary N) is 1. The third-order valence-corrected chi connectivity index (χ3v) is 4.40. The molecule has 1 fully saturated rings. The molecule has 1 aliphatic heterocycles. The zero-order valence-corrected chi connectivity index (χ0v) is 14.0. The Morgan fingerprint density at radius 2 is 1.96 bits per heavy atom. The number of carbonyl (C=O) groups is 2. The zero-order chi connectivity index (χ0) is 16.9. The number of halogens is 1. The van der Waals surface area contributed by atoms with Crippen molar-refractivity contribution in [2.45, 2.75) is 18.9 Å². The van der Waals surface area contributed by atoms with Crippen molar-refractivity contribution in [1.29, 1.82) is 0 Å². The summed E-state index contributed by atoms with van der Waals surface area (Å²) in [6.07, 6.45) is 1.05. The van der Waals surface area contributed by atoms with Gasteiger partial charge in [-0.15, -0.1) is 0 Å². The van der Waals surface area contributed by atoms with Gasteiger partial charge in [0.2, 0.25) is 11.8 Å². The van der Waals surface area contributed by atoms with Crippen LogP contribution in [-0.4, -0.2) is 29.8 Å². The van der Waals surface area contributed by atoms with Gasteiger partial charge in [-0.3, -0.25) is 9.59 Å². The summed E-state index contributed by atoms with van der Waals surface area (Å²) in [5.74, 6) is -0.171. The van der Waals surface area contributed by atoms with Crippen molar-refractivity contribution < 1.29 is 9.59 Å². The van der Waals surface area contributed by atoms with Crippen LogP contribution >= 0.6 is 11.6 Å². The van der Waals surface area contributed by atoms with Crippen LogP contribution in [0.25, 0.3) is 0 Å². The topological polar surface area (TPSA) is 49.4 Å². The molecule has 2 amide bonds. The van der Waals surface area contributed by atoms with Crippen LogP contribution in [-0.2, 0) is 16.0 Å². The van der Waals surface area contributed by atoms with E-state index >= 15 is 0 Å². The minimum atomic E-state index is -0.610. The van der Waals surface area contributed by atoms with Crippen molar-refractivity contribution >= 4 is 23.4 Å². The van der Waals surface area contributed by atoms with Crippen molar-refractivity contribution in [3.05, 3.63) is 70.7 Å². The molecule has 3 rings (SSSR count). The smallest absolute Gasteiger partial charge is 0.247 e. The highest BCUT2D eigenvalue weighted by Gasteiger charge is 2.34. The minimum Gasteiger partial charge on any atom is -0.352 e. The lowest BCUT2D eigenvalue weighted by Gasteiger charge is -2.35. The minimum absolute atomic E-state index is 0.0151. The van der Waals surface area contributed by atoms with Gasteiger partial charge in [0.05, 0.1) is 0 Å². The van der Waals surface area contributed by atoms with Crippen molar-refractivity contribution in [2.24, 2.45) is 0 Å². The van der Waals surface area contributed by atoms with Crippen LogP contribution in [0, 0.1) is 0 Å². The Labute approximate surface area is 146 Å². The van der Waals surface area contributed by atoms with E-state index in [4.69, 9.17) is 11.6 Å². The number of carbonyl (C=O) groups excluding carboxylic acids is 2. The van der Waals surface area contributed by atoms with E-state index in [9.17, 15) is 9.59 Å². The first kappa shape index (κ1) is 16.5. The highest BCUT2D eigenvalue weighted by molar-refractivity contribution is 6.30. The third kappa shape index (κ3) is 3.77. The number of rotatable bonds is 4. The largest absolute Gasteiger partial charge is 0.352 e. The molecular formula is C19H19ClN2O2. The molecule has 1 aliphatic rings. The summed E-state index contributed by atoms with van der Waals surface area (Å²) in [5.41, 5.74) is 1.86. The highest BCUT2D eigenvalue weighted by Crippen LogP contribution is 2.26. The number of aryl methyl sites for hydroxylation is 1. The molecule has 5 heteroatoms. The summed E-state index contributed by atoms with van der Waals surface area (Å²) in [5, 5.41) is 3.39. The number of benzene rings is 2. The van der Waals surface area contributed by atoms with Crippen molar-refractivity contribution in [1.82, 2.24) is 10.2 Å². The van der Waals surface area contributed by atoms with Gasteiger partial charge in [-0.25, -0.2) is 0 Å². The van der Waals surface area contributed by atoms with E-state index in [0.29, 0.717) is 31.0 Å². The normalized spacial score (nSPS) is 17.5. The van der Waals surface area contributed by atoms with Crippen LogP contribution in [0.4, 0.5) is 0 Å². The predicted molar refractivity (Wildman–Crippen MR) is 93.7 cm³/mol. The van der Waals surface area contributed by atoms with Gasteiger partial charge < -0.3 is 10.2 Å². The van der Waals surface area contributed by atoms with Crippen molar-refractivity contribution in [3.63, 3.8) is 0 Å². The van der Waals surface area contributed by atoms with Gasteiger partial charge in [-0.05, 0) is 29.7 Å². The van der Waals surface area contributed by atoms with Gasteiger partial charge in [-0.1, -0.05) is 54.1 Å². The monoisotopic (exact) mass is 342 g/mol. The molecule has 1 heterocycles. The van der Waals surface area contributed by atoms with E-state index in [1.165, 1.54) is 0 Å². The Kier molecular flexibility index (Phi) is 5.16. The Morgan fingerprint density at radius 3 is 2.71 bits per heavy atom. The van der Waals surface area contributed by atoms with Crippen LogP contribution in [0.2, 0.25) is 5.02 Å². The van der Waals surface area contributed by atoms with Gasteiger partial charge in [0.1, 0.15) is 6.04 Å². The quantitative estimate of drug-likeness (QED) is 0.928. The van der Waals surface area contributed by atoms with Gasteiger partial charge in [-0.2, -0.15) is 0 Å². The lowest BCUT2D eigenvalue weighted by Crippen LogP contribution is -2.52. The van der Waals surface area contributed by atoms with Gasteiger partial charge in [0.15, 0.2) is 0 Å². The lowest BCUT2D eigenvalue weighted by atomic mass is 10.0. The summed E-state index contributed by atoms with van der Waals surface area (Å²) in [6.45, 7) is 0.990. The fourth-order valence-electron chi connectivity index (χ4n) is 2.98. The molecule has 124 valence electrons. The molecule has 1 N–H and O–H groups in total. The molecule has 4 nitrogen and oxygen atoms in total. The van der Waals surface area contributed by atoms with Crippen molar-refractivity contribution in [2.75, 3.05) is 13.1 Å². The summed E-state index contributed by atoms with van der Waals surface area (Å²) >= 11 is 6.05. The van der Waals surface area contributed by atoms with E-state index < -0.39 is 6.04 Å². The molecule has 0 saturated carbocycles. The van der Waals surface area contributed by atoms with Crippen LogP contribution in [0.15, 0.2) is 54.6 Å². The Morgan fingerprint density at radius 1 is 1.17 bits per heavy atom. The molecule has 0 spiro atoms. The SMILES string of the molecule is O=C1NCCN(C(=O)CCc2ccccc2)C1c1cccc(Cl)c1. The average molecular weight is 343 g/mol. The fourth-order valence-corrected chi connectivity index (χ4v) is 3.18. The van der Waals surface area contributed by atoms with Crippen LogP contribution in [0.1, 0.15) is 23.6 Å². The lowest BCUT2D eigenvalue weighted by molar-refractivity contribution is -0.143. The van der Waals surface area contributed by atoms with E-state index in [1.807, 2.05) is 36.4 Å². The fraction of sp³-hybridized carbons (Fsp3) is 0.263. The number of hydrogen-bond acceptors (Lipinski definition) is 2. The average Bonchev–Trinajstić information content (AvgIpc) is 2.60. The molecule has 24 heavy (non-hydrogen) atoms. The van der Waals surface area contributed by atoms with E-state index in [2.05, 4.69) is 5.32 Å². The van der Waals surface area contributed by atoms with Crippen molar-refractivity contribution in [3.8, 4) is 0 Å². The molecule has 0 aliphatic carbocycles. The predicted octanol–water partition coefficient (Wildman–Crippen LogP) is 2.97. The zero-order valence-electron chi connectivity index (χ0n) is 13.2. The molecule has 1 saturated heterocycles.